The van der Waals surface area contributed by atoms with Crippen molar-refractivity contribution in [1.82, 2.24) is 0 Å². The monoisotopic (exact) mass is 338 g/mol. The zero-order valence-electron chi connectivity index (χ0n) is 15.3. The molecule has 0 bridgehead atoms. The molecule has 0 heterocycles. The van der Waals surface area contributed by atoms with Gasteiger partial charge in [-0.05, 0) is 55.7 Å². The van der Waals surface area contributed by atoms with Gasteiger partial charge in [0.1, 0.15) is 24.2 Å². The van der Waals surface area contributed by atoms with Crippen LogP contribution in [-0.4, -0.2) is 16.8 Å². The predicted molar refractivity (Wildman–Crippen MR) is 101 cm³/mol. The van der Waals surface area contributed by atoms with Crippen LogP contribution in [0.25, 0.3) is 0 Å². The van der Waals surface area contributed by atoms with Crippen LogP contribution in [0.3, 0.4) is 0 Å². The molecule has 132 valence electrons. The molecular formula is C22H26O3. The van der Waals surface area contributed by atoms with Gasteiger partial charge in [0, 0.05) is 5.41 Å². The van der Waals surface area contributed by atoms with E-state index < -0.39 is 5.41 Å². The smallest absolute Gasteiger partial charge is 0.119 e. The lowest BCUT2D eigenvalue weighted by Crippen LogP contribution is -2.20. The Balaban J connectivity index is 2.12. The molecule has 1 aromatic carbocycles. The van der Waals surface area contributed by atoms with E-state index in [1.807, 2.05) is 38.2 Å². The fourth-order valence-corrected chi connectivity index (χ4v) is 2.67. The molecule has 1 aliphatic carbocycles. The second kappa shape index (κ2) is 7.53. The van der Waals surface area contributed by atoms with Gasteiger partial charge in [0.15, 0.2) is 0 Å². The number of rotatable bonds is 5. The quantitative estimate of drug-likeness (QED) is 0.740. The maximum absolute atomic E-state index is 9.64. The normalized spacial score (nSPS) is 14.7. The highest BCUT2D eigenvalue weighted by molar-refractivity contribution is 5.44. The van der Waals surface area contributed by atoms with Crippen LogP contribution < -0.4 is 4.74 Å². The van der Waals surface area contributed by atoms with Crippen molar-refractivity contribution in [2.45, 2.75) is 39.5 Å². The van der Waals surface area contributed by atoms with Crippen LogP contribution in [0.5, 0.6) is 5.75 Å². The summed E-state index contributed by atoms with van der Waals surface area (Å²) < 4.78 is 5.79. The van der Waals surface area contributed by atoms with Gasteiger partial charge in [-0.3, -0.25) is 0 Å². The van der Waals surface area contributed by atoms with Gasteiger partial charge in [-0.15, -0.1) is 0 Å². The van der Waals surface area contributed by atoms with Crippen LogP contribution in [-0.2, 0) is 5.41 Å². The van der Waals surface area contributed by atoms with E-state index in [2.05, 4.69) is 38.0 Å². The molecule has 0 saturated carbocycles. The summed E-state index contributed by atoms with van der Waals surface area (Å²) in [5.41, 5.74) is 1.76. The van der Waals surface area contributed by atoms with Crippen molar-refractivity contribution in [2.75, 3.05) is 6.61 Å². The Morgan fingerprint density at radius 1 is 1.04 bits per heavy atom. The van der Waals surface area contributed by atoms with Crippen LogP contribution in [0.2, 0.25) is 0 Å². The van der Waals surface area contributed by atoms with Crippen molar-refractivity contribution in [3.8, 4) is 17.8 Å². The predicted octanol–water partition coefficient (Wildman–Crippen LogP) is 5.03. The van der Waals surface area contributed by atoms with E-state index >= 15 is 0 Å². The first-order valence-corrected chi connectivity index (χ1v) is 8.42. The molecule has 25 heavy (non-hydrogen) atoms. The lowest BCUT2D eigenvalue weighted by molar-refractivity contribution is 0.228. The summed E-state index contributed by atoms with van der Waals surface area (Å²) in [5, 5.41) is 18.4. The number of aliphatic hydroxyl groups excluding tert-OH is 2. The van der Waals surface area contributed by atoms with Gasteiger partial charge in [0.2, 0.25) is 0 Å². The molecule has 1 aromatic rings. The highest BCUT2D eigenvalue weighted by Gasteiger charge is 2.24. The van der Waals surface area contributed by atoms with E-state index in [-0.39, 0.29) is 5.41 Å². The molecule has 0 saturated heterocycles. The first kappa shape index (κ1) is 18.7. The minimum atomic E-state index is -0.405. The van der Waals surface area contributed by atoms with E-state index in [4.69, 9.17) is 9.84 Å². The van der Waals surface area contributed by atoms with Crippen molar-refractivity contribution in [3.63, 3.8) is 0 Å². The van der Waals surface area contributed by atoms with E-state index in [1.54, 1.807) is 12.2 Å². The molecule has 3 nitrogen and oxygen atoms in total. The van der Waals surface area contributed by atoms with E-state index in [0.29, 0.717) is 12.4 Å². The topological polar surface area (TPSA) is 49.7 Å². The first-order valence-electron chi connectivity index (χ1n) is 8.42. The van der Waals surface area contributed by atoms with Gasteiger partial charge in [0.25, 0.3) is 0 Å². The highest BCUT2D eigenvalue weighted by Crippen LogP contribution is 2.34. The Hall–Kier alpha value is -2.60. The lowest BCUT2D eigenvalue weighted by atomic mass is 9.77. The summed E-state index contributed by atoms with van der Waals surface area (Å²) in [6, 6.07) is 8.03. The Morgan fingerprint density at radius 2 is 1.72 bits per heavy atom. The second-order valence-electron chi connectivity index (χ2n) is 7.42. The average Bonchev–Trinajstić information content (AvgIpc) is 2.78. The summed E-state index contributed by atoms with van der Waals surface area (Å²) in [4.78, 5) is 0. The molecule has 0 amide bonds. The molecule has 0 spiro atoms. The van der Waals surface area contributed by atoms with E-state index in [1.165, 1.54) is 11.1 Å². The van der Waals surface area contributed by atoms with E-state index in [0.717, 1.165) is 12.2 Å². The van der Waals surface area contributed by atoms with E-state index in [9.17, 15) is 5.11 Å². The summed E-state index contributed by atoms with van der Waals surface area (Å²) in [7, 11) is 0. The number of allylic oxidation sites excluding steroid dienone is 5. The molecule has 0 atom stereocenters. The van der Waals surface area contributed by atoms with Crippen molar-refractivity contribution in [2.24, 2.45) is 5.41 Å². The molecule has 0 fully saturated rings. The molecular weight excluding hydrogens is 312 g/mol. The minimum Gasteiger partial charge on any atom is -0.508 e. The third kappa shape index (κ3) is 4.93. The molecule has 0 radical (unpaired) electrons. The van der Waals surface area contributed by atoms with Crippen molar-refractivity contribution in [1.29, 1.82) is 0 Å². The molecule has 2 N–H and O–H groups in total. The molecule has 0 unspecified atom stereocenters. The molecule has 1 aliphatic rings. The average molecular weight is 338 g/mol. The van der Waals surface area contributed by atoms with Crippen LogP contribution in [0.1, 0.15) is 39.7 Å². The zero-order chi connectivity index (χ0) is 18.5. The van der Waals surface area contributed by atoms with Crippen molar-refractivity contribution < 1.29 is 14.9 Å². The highest BCUT2D eigenvalue weighted by atomic mass is 16.5. The number of benzene rings is 1. The van der Waals surface area contributed by atoms with Gasteiger partial charge >= 0.3 is 0 Å². The summed E-state index contributed by atoms with van der Waals surface area (Å²) in [6.07, 6.45) is 10.3. The standard InChI is InChI=1S/C22H26O3/c1-21(2,14-15-23)16-25-20-12-9-18(10-13-20)22(3,4)17-6-5-7-19(24)11-8-17/h6-13,23-24H,5,16H2,1-4H3. The Morgan fingerprint density at radius 3 is 2.36 bits per heavy atom. The fourth-order valence-electron chi connectivity index (χ4n) is 2.67. The number of hydrogen-bond acceptors (Lipinski definition) is 3. The number of aliphatic hydroxyl groups is 2. The van der Waals surface area contributed by atoms with Gasteiger partial charge in [0.05, 0.1) is 5.41 Å². The van der Waals surface area contributed by atoms with Crippen molar-refractivity contribution in [3.05, 3.63) is 65.5 Å². The Bertz CT molecular complexity index is 751. The minimum absolute atomic E-state index is 0.172. The molecule has 2 rings (SSSR count). The second-order valence-corrected chi connectivity index (χ2v) is 7.42. The van der Waals surface area contributed by atoms with Gasteiger partial charge in [-0.25, -0.2) is 0 Å². The van der Waals surface area contributed by atoms with Crippen LogP contribution in [0.4, 0.5) is 0 Å². The fraction of sp³-hybridized carbons (Fsp3) is 0.364. The van der Waals surface area contributed by atoms with Crippen LogP contribution in [0, 0.1) is 17.4 Å². The summed E-state index contributed by atoms with van der Waals surface area (Å²) in [6.45, 7) is 8.58. The van der Waals surface area contributed by atoms with Gasteiger partial charge < -0.3 is 14.9 Å². The molecule has 0 aromatic heterocycles. The SMILES string of the molecule is CC(C)(C#CO)COc1ccc(C(C)(C)C2=CCC=C(O)C=C2)cc1. The van der Waals surface area contributed by atoms with Gasteiger partial charge in [-0.2, -0.15) is 0 Å². The molecule has 0 aliphatic heterocycles. The number of hydrogen-bond donors (Lipinski definition) is 2. The van der Waals surface area contributed by atoms with Crippen LogP contribution >= 0.6 is 0 Å². The third-order valence-electron chi connectivity index (χ3n) is 4.39. The molecule has 3 heteroatoms. The first-order chi connectivity index (χ1) is 11.7. The van der Waals surface area contributed by atoms with Crippen LogP contribution in [0.15, 0.2) is 59.9 Å². The Labute approximate surface area is 150 Å². The van der Waals surface area contributed by atoms with Crippen molar-refractivity contribution >= 4 is 0 Å². The Kier molecular flexibility index (Phi) is 5.64. The van der Waals surface area contributed by atoms with Gasteiger partial charge in [-0.1, -0.05) is 44.1 Å². The maximum Gasteiger partial charge on any atom is 0.119 e. The third-order valence-corrected chi connectivity index (χ3v) is 4.39. The zero-order valence-corrected chi connectivity index (χ0v) is 15.3. The lowest BCUT2D eigenvalue weighted by Gasteiger charge is -2.27. The summed E-state index contributed by atoms with van der Waals surface area (Å²) in [5.74, 6) is 3.80. The largest absolute Gasteiger partial charge is 0.508 e. The summed E-state index contributed by atoms with van der Waals surface area (Å²) >= 11 is 0. The maximum atomic E-state index is 9.64. The number of ether oxygens (including phenoxy) is 1.